The van der Waals surface area contributed by atoms with E-state index in [-0.39, 0.29) is 11.5 Å². The Kier molecular flexibility index (Phi) is 4.97. The number of carbonyl (C=O) groups excluding carboxylic acids is 2. The third-order valence-electron chi connectivity index (χ3n) is 2.58. The molecule has 0 aliphatic rings. The van der Waals surface area contributed by atoms with Crippen LogP contribution >= 0.6 is 0 Å². The van der Waals surface area contributed by atoms with Gasteiger partial charge in [0.25, 0.3) is 5.91 Å². The molecule has 104 valence electrons. The molecule has 1 unspecified atom stereocenters. The van der Waals surface area contributed by atoms with Crippen LogP contribution in [0.15, 0.2) is 18.2 Å². The molecule has 1 aromatic carbocycles. The highest BCUT2D eigenvalue weighted by Crippen LogP contribution is 2.11. The van der Waals surface area contributed by atoms with Crippen molar-refractivity contribution in [3.8, 4) is 0 Å². The zero-order valence-corrected chi connectivity index (χ0v) is 10.9. The first-order valence-corrected chi connectivity index (χ1v) is 5.70. The van der Waals surface area contributed by atoms with Gasteiger partial charge < -0.3 is 10.1 Å². The number of hydrogen-bond acceptors (Lipinski definition) is 3. The Morgan fingerprint density at radius 1 is 1.26 bits per heavy atom. The van der Waals surface area contributed by atoms with Gasteiger partial charge in [0, 0.05) is 6.07 Å². The predicted molar refractivity (Wildman–Crippen MR) is 64.5 cm³/mol. The fourth-order valence-corrected chi connectivity index (χ4v) is 1.52. The smallest absolute Gasteiger partial charge is 0.328 e. The Hall–Kier alpha value is -1.98. The monoisotopic (exact) mass is 271 g/mol. The first-order chi connectivity index (χ1) is 8.86. The lowest BCUT2D eigenvalue weighted by molar-refractivity contribution is -0.144. The summed E-state index contributed by atoms with van der Waals surface area (Å²) < 4.78 is 30.7. The number of esters is 1. The first-order valence-electron chi connectivity index (χ1n) is 5.70. The second-order valence-electron chi connectivity index (χ2n) is 4.34. The third-order valence-corrected chi connectivity index (χ3v) is 2.58. The average Bonchev–Trinajstić information content (AvgIpc) is 2.34. The Morgan fingerprint density at radius 2 is 1.89 bits per heavy atom. The second kappa shape index (κ2) is 6.26. The largest absolute Gasteiger partial charge is 0.467 e. The summed E-state index contributed by atoms with van der Waals surface area (Å²) in [6, 6.07) is 1.72. The van der Waals surface area contributed by atoms with E-state index in [0.29, 0.717) is 6.07 Å². The third kappa shape index (κ3) is 3.74. The van der Waals surface area contributed by atoms with E-state index in [2.05, 4.69) is 10.1 Å². The fraction of sp³-hybridized carbons (Fsp3) is 0.385. The molecule has 0 aliphatic heterocycles. The molecule has 0 aromatic heterocycles. The number of carbonyl (C=O) groups is 2. The number of rotatable bonds is 4. The van der Waals surface area contributed by atoms with Gasteiger partial charge in [0.15, 0.2) is 0 Å². The molecule has 0 bridgehead atoms. The van der Waals surface area contributed by atoms with Crippen molar-refractivity contribution in [1.82, 2.24) is 5.32 Å². The maximum atomic E-state index is 13.4. The van der Waals surface area contributed by atoms with Gasteiger partial charge in [-0.25, -0.2) is 13.6 Å². The summed E-state index contributed by atoms with van der Waals surface area (Å²) in [5, 5.41) is 2.37. The second-order valence-corrected chi connectivity index (χ2v) is 4.34. The minimum Gasteiger partial charge on any atom is -0.467 e. The van der Waals surface area contributed by atoms with E-state index in [1.165, 1.54) is 7.11 Å². The molecular weight excluding hydrogens is 256 g/mol. The minimum atomic E-state index is -0.982. The number of methoxy groups -OCH3 is 1. The molecule has 1 amide bonds. The van der Waals surface area contributed by atoms with E-state index in [1.54, 1.807) is 13.8 Å². The van der Waals surface area contributed by atoms with Crippen molar-refractivity contribution < 1.29 is 23.1 Å². The Bertz CT molecular complexity index is 489. The van der Waals surface area contributed by atoms with Crippen molar-refractivity contribution in [1.29, 1.82) is 0 Å². The highest BCUT2D eigenvalue weighted by atomic mass is 19.1. The summed E-state index contributed by atoms with van der Waals surface area (Å²) in [6.07, 6.45) is 0. The fourth-order valence-electron chi connectivity index (χ4n) is 1.52. The predicted octanol–water partition coefficient (Wildman–Crippen LogP) is 1.89. The number of ether oxygens (including phenoxy) is 1. The Labute approximate surface area is 109 Å². The van der Waals surface area contributed by atoms with E-state index >= 15 is 0 Å². The summed E-state index contributed by atoms with van der Waals surface area (Å²) in [7, 11) is 1.20. The zero-order valence-electron chi connectivity index (χ0n) is 10.9. The molecule has 0 fully saturated rings. The van der Waals surface area contributed by atoms with Crippen molar-refractivity contribution in [2.75, 3.05) is 7.11 Å². The van der Waals surface area contributed by atoms with Gasteiger partial charge in [-0.15, -0.1) is 0 Å². The zero-order chi connectivity index (χ0) is 14.6. The number of hydrogen-bond donors (Lipinski definition) is 1. The summed E-state index contributed by atoms with van der Waals surface area (Å²) in [5.41, 5.74) is -0.323. The van der Waals surface area contributed by atoms with Crippen LogP contribution in [0.2, 0.25) is 0 Å². The molecule has 0 saturated carbocycles. The number of amides is 1. The molecule has 0 saturated heterocycles. The van der Waals surface area contributed by atoms with Crippen molar-refractivity contribution in [3.63, 3.8) is 0 Å². The molecule has 19 heavy (non-hydrogen) atoms. The van der Waals surface area contributed by atoms with Gasteiger partial charge in [-0.3, -0.25) is 4.79 Å². The maximum absolute atomic E-state index is 13.4. The lowest BCUT2D eigenvalue weighted by atomic mass is 10.0. The molecule has 1 atom stereocenters. The van der Waals surface area contributed by atoms with Crippen LogP contribution < -0.4 is 5.32 Å². The molecular formula is C13H15F2NO3. The lowest BCUT2D eigenvalue weighted by Crippen LogP contribution is -2.45. The normalized spacial score (nSPS) is 12.1. The summed E-state index contributed by atoms with van der Waals surface area (Å²) in [6.45, 7) is 3.42. The van der Waals surface area contributed by atoms with Crippen LogP contribution in [0.25, 0.3) is 0 Å². The molecule has 0 aliphatic carbocycles. The van der Waals surface area contributed by atoms with Gasteiger partial charge >= 0.3 is 5.97 Å². The standard InChI is InChI=1S/C13H15F2NO3/c1-7(2)11(13(18)19-3)16-12(17)9-5-4-8(14)6-10(9)15/h4-7,11H,1-3H3,(H,16,17). The maximum Gasteiger partial charge on any atom is 0.328 e. The molecule has 6 heteroatoms. The molecule has 1 rings (SSSR count). The van der Waals surface area contributed by atoms with Crippen LogP contribution in [0, 0.1) is 17.6 Å². The van der Waals surface area contributed by atoms with Crippen LogP contribution in [0.5, 0.6) is 0 Å². The number of nitrogens with one attached hydrogen (secondary N) is 1. The molecule has 0 spiro atoms. The van der Waals surface area contributed by atoms with E-state index in [9.17, 15) is 18.4 Å². The van der Waals surface area contributed by atoms with Gasteiger partial charge in [-0.2, -0.15) is 0 Å². The number of halogens is 2. The van der Waals surface area contributed by atoms with Crippen molar-refractivity contribution in [2.24, 2.45) is 5.92 Å². The lowest BCUT2D eigenvalue weighted by Gasteiger charge is -2.19. The SMILES string of the molecule is COC(=O)C(NC(=O)c1ccc(F)cc1F)C(C)C. The van der Waals surface area contributed by atoms with Gasteiger partial charge in [-0.1, -0.05) is 13.8 Å². The van der Waals surface area contributed by atoms with Gasteiger partial charge in [0.05, 0.1) is 12.7 Å². The number of benzene rings is 1. The topological polar surface area (TPSA) is 55.4 Å². The summed E-state index contributed by atoms with van der Waals surface area (Å²) in [4.78, 5) is 23.3. The Morgan fingerprint density at radius 3 is 2.37 bits per heavy atom. The quantitative estimate of drug-likeness (QED) is 0.851. The van der Waals surface area contributed by atoms with Crippen molar-refractivity contribution in [3.05, 3.63) is 35.4 Å². The van der Waals surface area contributed by atoms with Crippen LogP contribution in [0.1, 0.15) is 24.2 Å². The van der Waals surface area contributed by atoms with E-state index in [0.717, 1.165) is 12.1 Å². The van der Waals surface area contributed by atoms with E-state index < -0.39 is 29.6 Å². The minimum absolute atomic E-state index is 0.222. The van der Waals surface area contributed by atoms with Crippen molar-refractivity contribution >= 4 is 11.9 Å². The van der Waals surface area contributed by atoms with Crippen LogP contribution in [-0.4, -0.2) is 25.0 Å². The summed E-state index contributed by atoms with van der Waals surface area (Å²) in [5.74, 6) is -3.39. The van der Waals surface area contributed by atoms with Crippen LogP contribution in [0.4, 0.5) is 8.78 Å². The van der Waals surface area contributed by atoms with Gasteiger partial charge in [-0.05, 0) is 18.1 Å². The summed E-state index contributed by atoms with van der Waals surface area (Å²) >= 11 is 0. The highest BCUT2D eigenvalue weighted by molar-refractivity contribution is 5.97. The highest BCUT2D eigenvalue weighted by Gasteiger charge is 2.26. The molecule has 4 nitrogen and oxygen atoms in total. The first kappa shape index (κ1) is 15.1. The van der Waals surface area contributed by atoms with Crippen LogP contribution in [0.3, 0.4) is 0 Å². The van der Waals surface area contributed by atoms with E-state index in [4.69, 9.17) is 0 Å². The van der Waals surface area contributed by atoms with Gasteiger partial charge in [0.1, 0.15) is 17.7 Å². The van der Waals surface area contributed by atoms with Crippen LogP contribution in [-0.2, 0) is 9.53 Å². The average molecular weight is 271 g/mol. The van der Waals surface area contributed by atoms with E-state index in [1.807, 2.05) is 0 Å². The van der Waals surface area contributed by atoms with Crippen molar-refractivity contribution in [2.45, 2.75) is 19.9 Å². The molecule has 0 heterocycles. The van der Waals surface area contributed by atoms with Gasteiger partial charge in [0.2, 0.25) is 0 Å². The molecule has 1 N–H and O–H groups in total. The molecule has 0 radical (unpaired) electrons. The molecule has 1 aromatic rings. The Balaban J connectivity index is 2.91.